The van der Waals surface area contributed by atoms with Gasteiger partial charge in [-0.25, -0.2) is 0 Å². The van der Waals surface area contributed by atoms with Gasteiger partial charge in [0.25, 0.3) is 10.1 Å². The van der Waals surface area contributed by atoms with Gasteiger partial charge in [0.15, 0.2) is 0 Å². The van der Waals surface area contributed by atoms with Gasteiger partial charge in [0.1, 0.15) is 0 Å². The van der Waals surface area contributed by atoms with Crippen LogP contribution >= 0.6 is 0 Å². The summed E-state index contributed by atoms with van der Waals surface area (Å²) in [6.45, 7) is 8.12. The number of fused-ring (bicyclic) bond motifs is 2. The average Bonchev–Trinajstić information content (AvgIpc) is 3.16. The molecule has 0 radical (unpaired) electrons. The third-order valence-corrected chi connectivity index (χ3v) is 7.46. The second kappa shape index (κ2) is 8.62. The summed E-state index contributed by atoms with van der Waals surface area (Å²) in [5.41, 5.74) is 5.24. The molecule has 3 N–H and O–H groups in total. The van der Waals surface area contributed by atoms with Crippen molar-refractivity contribution in [2.75, 3.05) is 5.32 Å². The molecule has 0 spiro atoms. The minimum absolute atomic E-state index is 0.00562. The zero-order valence-corrected chi connectivity index (χ0v) is 20.8. The molecule has 0 saturated heterocycles. The standard InChI is InChI=1S/C27H28N2O5S/c1-26(2)19-14-17(15-25(30)31)10-12-21(19)28-23(26)8-6-5-7-9-24-27(3,4)20-16-18(35(32,33)34)11-13-22(20)29-24/h5-14,16,28H,15H2,1-4H3,(H,30,31)(H,32,33,34)/b6-5+,9-7+,23-8+. The fourth-order valence-corrected chi connectivity index (χ4v) is 4.99. The number of aliphatic carboxylic acids is 1. The lowest BCUT2D eigenvalue weighted by Gasteiger charge is -2.20. The molecule has 0 amide bonds. The second-order valence-corrected chi connectivity index (χ2v) is 11.2. The highest BCUT2D eigenvalue weighted by atomic mass is 32.2. The first-order chi connectivity index (χ1) is 16.3. The summed E-state index contributed by atoms with van der Waals surface area (Å²) in [6, 6.07) is 10.1. The number of nitrogens with one attached hydrogen (secondary N) is 1. The number of anilines is 1. The van der Waals surface area contributed by atoms with Gasteiger partial charge in [-0.15, -0.1) is 0 Å². The molecule has 7 nitrogen and oxygen atoms in total. The number of nitrogens with zero attached hydrogens (tertiary/aromatic N) is 1. The van der Waals surface area contributed by atoms with E-state index in [4.69, 9.17) is 5.11 Å². The summed E-state index contributed by atoms with van der Waals surface area (Å²) in [4.78, 5) is 15.6. The normalized spacial score (nSPS) is 19.1. The van der Waals surface area contributed by atoms with E-state index in [0.717, 1.165) is 33.8 Å². The van der Waals surface area contributed by atoms with Gasteiger partial charge >= 0.3 is 5.97 Å². The Morgan fingerprint density at radius 3 is 2.43 bits per heavy atom. The fourth-order valence-electron chi connectivity index (χ4n) is 4.49. The highest BCUT2D eigenvalue weighted by Crippen LogP contribution is 2.44. The molecule has 0 unspecified atom stereocenters. The van der Waals surface area contributed by atoms with Crippen LogP contribution in [0.4, 0.5) is 11.4 Å². The molecule has 2 aliphatic rings. The molecule has 0 atom stereocenters. The summed E-state index contributed by atoms with van der Waals surface area (Å²) in [7, 11) is -4.28. The van der Waals surface area contributed by atoms with E-state index in [1.807, 2.05) is 62.4 Å². The van der Waals surface area contributed by atoms with E-state index in [1.54, 1.807) is 6.07 Å². The minimum Gasteiger partial charge on any atom is -0.481 e. The van der Waals surface area contributed by atoms with Gasteiger partial charge in [-0.3, -0.25) is 14.3 Å². The van der Waals surface area contributed by atoms with Crippen LogP contribution in [0.3, 0.4) is 0 Å². The van der Waals surface area contributed by atoms with Crippen LogP contribution in [0.5, 0.6) is 0 Å². The maximum Gasteiger partial charge on any atom is 0.307 e. The molecule has 35 heavy (non-hydrogen) atoms. The zero-order chi connectivity index (χ0) is 25.6. The summed E-state index contributed by atoms with van der Waals surface area (Å²) in [5.74, 6) is -0.851. The Labute approximate surface area is 205 Å². The smallest absolute Gasteiger partial charge is 0.307 e. The quantitative estimate of drug-likeness (QED) is 0.371. The zero-order valence-electron chi connectivity index (χ0n) is 20.0. The number of hydrogen-bond acceptors (Lipinski definition) is 5. The molecular weight excluding hydrogens is 464 g/mol. The summed E-state index contributed by atoms with van der Waals surface area (Å²) in [6.07, 6.45) is 9.59. The largest absolute Gasteiger partial charge is 0.481 e. The Kier molecular flexibility index (Phi) is 6.07. The molecule has 0 aliphatic carbocycles. The lowest BCUT2D eigenvalue weighted by atomic mass is 9.81. The third kappa shape index (κ3) is 4.72. The molecule has 8 heteroatoms. The van der Waals surface area contributed by atoms with Crippen molar-refractivity contribution < 1.29 is 22.9 Å². The van der Waals surface area contributed by atoms with Crippen molar-refractivity contribution in [1.29, 1.82) is 0 Å². The van der Waals surface area contributed by atoms with Gasteiger partial charge < -0.3 is 10.4 Å². The van der Waals surface area contributed by atoms with Gasteiger partial charge in [0.2, 0.25) is 0 Å². The first-order valence-electron chi connectivity index (χ1n) is 11.2. The van der Waals surface area contributed by atoms with E-state index in [-0.39, 0.29) is 16.7 Å². The molecule has 182 valence electrons. The number of hydrogen-bond donors (Lipinski definition) is 3. The SMILES string of the molecule is CC1(C)C(/C=C/C=C/C=C2/Nc3ccc(CC(=O)O)cc3C2(C)C)=Nc2ccc(S(=O)(=O)O)cc21. The van der Waals surface area contributed by atoms with Crippen molar-refractivity contribution in [3.63, 3.8) is 0 Å². The predicted octanol–water partition coefficient (Wildman–Crippen LogP) is 5.32. The maximum atomic E-state index is 11.5. The number of carboxylic acids is 1. The Morgan fingerprint density at radius 2 is 1.74 bits per heavy atom. The first-order valence-corrected chi connectivity index (χ1v) is 12.6. The molecular formula is C27H28N2O5S. The molecule has 0 fully saturated rings. The number of benzene rings is 2. The van der Waals surface area contributed by atoms with E-state index < -0.39 is 21.5 Å². The topological polar surface area (TPSA) is 116 Å². The van der Waals surface area contributed by atoms with Crippen molar-refractivity contribution in [1.82, 2.24) is 0 Å². The first kappa shape index (κ1) is 24.6. The van der Waals surface area contributed by atoms with Crippen LogP contribution in [0, 0.1) is 0 Å². The van der Waals surface area contributed by atoms with Crippen LogP contribution in [0.2, 0.25) is 0 Å². The summed E-state index contributed by atoms with van der Waals surface area (Å²) < 4.78 is 32.4. The lowest BCUT2D eigenvalue weighted by Crippen LogP contribution is -2.24. The van der Waals surface area contributed by atoms with E-state index in [2.05, 4.69) is 24.2 Å². The minimum atomic E-state index is -4.28. The van der Waals surface area contributed by atoms with Gasteiger partial charge in [0.05, 0.1) is 22.7 Å². The van der Waals surface area contributed by atoms with Crippen molar-refractivity contribution >= 4 is 33.2 Å². The van der Waals surface area contributed by atoms with Gasteiger partial charge in [-0.2, -0.15) is 8.42 Å². The van der Waals surface area contributed by atoms with Crippen LogP contribution in [0.15, 0.2) is 82.4 Å². The van der Waals surface area contributed by atoms with Crippen LogP contribution in [-0.4, -0.2) is 29.8 Å². The predicted molar refractivity (Wildman–Crippen MR) is 137 cm³/mol. The molecule has 0 aromatic heterocycles. The van der Waals surface area contributed by atoms with Crippen LogP contribution in [-0.2, 0) is 32.2 Å². The third-order valence-electron chi connectivity index (χ3n) is 6.62. The second-order valence-electron chi connectivity index (χ2n) is 9.80. The Bertz CT molecular complexity index is 1440. The van der Waals surface area contributed by atoms with Crippen molar-refractivity contribution in [3.8, 4) is 0 Å². The summed E-state index contributed by atoms with van der Waals surface area (Å²) >= 11 is 0. The number of carbonyl (C=O) groups is 1. The fraction of sp³-hybridized carbons (Fsp3) is 0.259. The van der Waals surface area contributed by atoms with E-state index >= 15 is 0 Å². The molecule has 0 bridgehead atoms. The highest BCUT2D eigenvalue weighted by Gasteiger charge is 2.35. The monoisotopic (exact) mass is 492 g/mol. The number of allylic oxidation sites excluding steroid dienone is 6. The number of rotatable bonds is 6. The average molecular weight is 493 g/mol. The van der Waals surface area contributed by atoms with Gasteiger partial charge in [-0.05, 0) is 53.1 Å². The summed E-state index contributed by atoms with van der Waals surface area (Å²) in [5, 5.41) is 12.5. The Morgan fingerprint density at radius 1 is 1.00 bits per heavy atom. The number of carboxylic acid groups (broad SMARTS) is 1. The van der Waals surface area contributed by atoms with Crippen molar-refractivity contribution in [3.05, 3.63) is 89.2 Å². The van der Waals surface area contributed by atoms with E-state index in [1.165, 1.54) is 12.1 Å². The molecule has 2 heterocycles. The lowest BCUT2D eigenvalue weighted by molar-refractivity contribution is -0.136. The Balaban J connectivity index is 1.49. The van der Waals surface area contributed by atoms with Crippen molar-refractivity contribution in [2.24, 2.45) is 4.99 Å². The molecule has 2 aliphatic heterocycles. The molecule has 4 rings (SSSR count). The van der Waals surface area contributed by atoms with Crippen LogP contribution < -0.4 is 5.32 Å². The van der Waals surface area contributed by atoms with E-state index in [9.17, 15) is 17.8 Å². The van der Waals surface area contributed by atoms with Crippen LogP contribution in [0.1, 0.15) is 44.4 Å². The van der Waals surface area contributed by atoms with E-state index in [0.29, 0.717) is 5.69 Å². The molecule has 2 aromatic rings. The highest BCUT2D eigenvalue weighted by molar-refractivity contribution is 7.85. The maximum absolute atomic E-state index is 11.5. The van der Waals surface area contributed by atoms with Crippen LogP contribution in [0.25, 0.3) is 0 Å². The Hall–Kier alpha value is -3.49. The van der Waals surface area contributed by atoms with Gasteiger partial charge in [-0.1, -0.05) is 58.1 Å². The van der Waals surface area contributed by atoms with Gasteiger partial charge in [0, 0.05) is 22.2 Å². The molecule has 0 saturated carbocycles. The van der Waals surface area contributed by atoms with Crippen molar-refractivity contribution in [2.45, 2.75) is 49.8 Å². The molecule has 2 aromatic carbocycles. The number of aliphatic imine (C=N–C) groups is 1.